The van der Waals surface area contributed by atoms with E-state index in [0.717, 1.165) is 0 Å². The van der Waals surface area contributed by atoms with Crippen molar-refractivity contribution in [3.8, 4) is 11.5 Å². The molecule has 0 bridgehead atoms. The SMILES string of the molecule is COC(=O)[C@]1(c2ccccc2)C[C@H](S(=O)(=O)c2ccccc2)[C@H](c2ccc(OC)cc2OC)N1. The molecule has 3 atom stereocenters. The Labute approximate surface area is 199 Å². The van der Waals surface area contributed by atoms with Gasteiger partial charge in [-0.05, 0) is 30.2 Å². The highest BCUT2D eigenvalue weighted by Gasteiger charge is 2.56. The molecule has 7 nitrogen and oxygen atoms in total. The van der Waals surface area contributed by atoms with Crippen molar-refractivity contribution in [1.82, 2.24) is 5.32 Å². The largest absolute Gasteiger partial charge is 0.497 e. The summed E-state index contributed by atoms with van der Waals surface area (Å²) < 4.78 is 43.9. The second kappa shape index (κ2) is 9.48. The van der Waals surface area contributed by atoms with Crippen molar-refractivity contribution >= 4 is 15.8 Å². The number of carbonyl (C=O) groups is 1. The molecule has 1 N–H and O–H groups in total. The molecule has 3 aromatic carbocycles. The fraction of sp³-hybridized carbons (Fsp3) is 0.269. The number of benzene rings is 3. The molecule has 0 saturated carbocycles. The summed E-state index contributed by atoms with van der Waals surface area (Å²) in [7, 11) is 0.505. The van der Waals surface area contributed by atoms with Gasteiger partial charge in [0.2, 0.25) is 0 Å². The van der Waals surface area contributed by atoms with Crippen LogP contribution in [0.3, 0.4) is 0 Å². The summed E-state index contributed by atoms with van der Waals surface area (Å²) in [6.07, 6.45) is -0.0131. The molecule has 0 aliphatic carbocycles. The molecule has 1 heterocycles. The first-order valence-electron chi connectivity index (χ1n) is 10.8. The minimum Gasteiger partial charge on any atom is -0.497 e. The number of hydrogen-bond donors (Lipinski definition) is 1. The molecule has 1 saturated heterocycles. The predicted molar refractivity (Wildman–Crippen MR) is 128 cm³/mol. The van der Waals surface area contributed by atoms with Crippen LogP contribution in [-0.2, 0) is 24.9 Å². The topological polar surface area (TPSA) is 90.9 Å². The van der Waals surface area contributed by atoms with Gasteiger partial charge < -0.3 is 14.2 Å². The Bertz CT molecular complexity index is 1260. The molecule has 1 aliphatic rings. The van der Waals surface area contributed by atoms with Crippen molar-refractivity contribution in [3.05, 3.63) is 90.0 Å². The van der Waals surface area contributed by atoms with E-state index in [0.29, 0.717) is 22.6 Å². The Balaban J connectivity index is 1.93. The number of nitrogens with one attached hydrogen (secondary N) is 1. The molecule has 1 fully saturated rings. The van der Waals surface area contributed by atoms with Crippen LogP contribution < -0.4 is 14.8 Å². The molecule has 0 aromatic heterocycles. The molecular formula is C26H27NO6S. The van der Waals surface area contributed by atoms with E-state index < -0.39 is 32.6 Å². The Kier molecular flexibility index (Phi) is 6.63. The summed E-state index contributed by atoms with van der Waals surface area (Å²) >= 11 is 0. The summed E-state index contributed by atoms with van der Waals surface area (Å²) in [4.78, 5) is 13.4. The Morgan fingerprint density at radius 1 is 0.912 bits per heavy atom. The van der Waals surface area contributed by atoms with Gasteiger partial charge in [-0.1, -0.05) is 54.6 Å². The van der Waals surface area contributed by atoms with E-state index >= 15 is 0 Å². The van der Waals surface area contributed by atoms with Gasteiger partial charge in [0.1, 0.15) is 17.0 Å². The van der Waals surface area contributed by atoms with E-state index in [2.05, 4.69) is 5.32 Å². The van der Waals surface area contributed by atoms with Crippen molar-refractivity contribution in [2.24, 2.45) is 0 Å². The molecule has 0 radical (unpaired) electrons. The predicted octanol–water partition coefficient (Wildman–Crippen LogP) is 3.65. The maximum atomic E-state index is 13.9. The van der Waals surface area contributed by atoms with Crippen molar-refractivity contribution in [3.63, 3.8) is 0 Å². The number of carbonyl (C=O) groups excluding carboxylic acids is 1. The van der Waals surface area contributed by atoms with Crippen LogP contribution in [0.25, 0.3) is 0 Å². The summed E-state index contributed by atoms with van der Waals surface area (Å²) in [6.45, 7) is 0. The molecular weight excluding hydrogens is 454 g/mol. The highest BCUT2D eigenvalue weighted by atomic mass is 32.2. The summed E-state index contributed by atoms with van der Waals surface area (Å²) in [6, 6.07) is 21.8. The lowest BCUT2D eigenvalue weighted by Gasteiger charge is -2.28. The third-order valence-corrected chi connectivity index (χ3v) is 8.49. The van der Waals surface area contributed by atoms with Crippen LogP contribution in [0.5, 0.6) is 11.5 Å². The van der Waals surface area contributed by atoms with Crippen LogP contribution in [0.2, 0.25) is 0 Å². The zero-order valence-corrected chi connectivity index (χ0v) is 20.0. The maximum Gasteiger partial charge on any atom is 0.330 e. The van der Waals surface area contributed by atoms with Crippen molar-refractivity contribution in [1.29, 1.82) is 0 Å². The lowest BCUT2D eigenvalue weighted by molar-refractivity contribution is -0.148. The number of ether oxygens (including phenoxy) is 3. The Morgan fingerprint density at radius 3 is 2.15 bits per heavy atom. The third-order valence-electron chi connectivity index (χ3n) is 6.33. The Hall–Kier alpha value is -3.36. The minimum absolute atomic E-state index is 0.0131. The first-order valence-corrected chi connectivity index (χ1v) is 12.3. The first kappa shape index (κ1) is 23.8. The molecule has 178 valence electrons. The molecule has 4 rings (SSSR count). The molecule has 3 aromatic rings. The van der Waals surface area contributed by atoms with E-state index in [1.165, 1.54) is 14.2 Å². The summed E-state index contributed by atoms with van der Waals surface area (Å²) in [5, 5.41) is 2.38. The molecule has 1 aliphatic heterocycles. The van der Waals surface area contributed by atoms with Gasteiger partial charge in [-0.15, -0.1) is 0 Å². The third kappa shape index (κ3) is 4.03. The number of sulfone groups is 1. The monoisotopic (exact) mass is 481 g/mol. The van der Waals surface area contributed by atoms with Gasteiger partial charge in [-0.3, -0.25) is 5.32 Å². The van der Waals surface area contributed by atoms with Crippen molar-refractivity contribution in [2.75, 3.05) is 21.3 Å². The second-order valence-corrected chi connectivity index (χ2v) is 10.3. The highest BCUT2D eigenvalue weighted by molar-refractivity contribution is 7.92. The van der Waals surface area contributed by atoms with E-state index in [4.69, 9.17) is 14.2 Å². The first-order chi connectivity index (χ1) is 16.4. The molecule has 0 amide bonds. The number of methoxy groups -OCH3 is 3. The van der Waals surface area contributed by atoms with Crippen LogP contribution in [0, 0.1) is 0 Å². The zero-order valence-electron chi connectivity index (χ0n) is 19.2. The maximum absolute atomic E-state index is 13.9. The normalized spacial score (nSPS) is 22.2. The van der Waals surface area contributed by atoms with Crippen molar-refractivity contribution in [2.45, 2.75) is 28.1 Å². The number of rotatable bonds is 7. The second-order valence-electron chi connectivity index (χ2n) is 8.09. The molecule has 0 unspecified atom stereocenters. The highest BCUT2D eigenvalue weighted by Crippen LogP contribution is 2.47. The van der Waals surface area contributed by atoms with Gasteiger partial charge in [0, 0.05) is 11.6 Å². The van der Waals surface area contributed by atoms with E-state index in [-0.39, 0.29) is 11.3 Å². The van der Waals surface area contributed by atoms with Crippen LogP contribution >= 0.6 is 0 Å². The van der Waals surface area contributed by atoms with Crippen molar-refractivity contribution < 1.29 is 27.4 Å². The number of hydrogen-bond acceptors (Lipinski definition) is 7. The molecule has 8 heteroatoms. The average Bonchev–Trinajstić information content (AvgIpc) is 3.31. The van der Waals surface area contributed by atoms with Gasteiger partial charge in [0.05, 0.1) is 37.5 Å². The van der Waals surface area contributed by atoms with E-state index in [1.807, 2.05) is 18.2 Å². The van der Waals surface area contributed by atoms with Crippen LogP contribution in [0.15, 0.2) is 83.8 Å². The van der Waals surface area contributed by atoms with E-state index in [1.54, 1.807) is 67.8 Å². The lowest BCUT2D eigenvalue weighted by Crippen LogP contribution is -2.46. The van der Waals surface area contributed by atoms with Crippen LogP contribution in [-0.4, -0.2) is 41.0 Å². The summed E-state index contributed by atoms with van der Waals surface area (Å²) in [5.74, 6) is 0.476. The van der Waals surface area contributed by atoms with Gasteiger partial charge in [-0.25, -0.2) is 13.2 Å². The quantitative estimate of drug-likeness (QED) is 0.515. The minimum atomic E-state index is -3.85. The van der Waals surface area contributed by atoms with Gasteiger partial charge in [0.25, 0.3) is 0 Å². The summed E-state index contributed by atoms with van der Waals surface area (Å²) in [5.41, 5.74) is -0.127. The Morgan fingerprint density at radius 2 is 1.56 bits per heavy atom. The average molecular weight is 482 g/mol. The zero-order chi connectivity index (χ0) is 24.3. The fourth-order valence-electron chi connectivity index (χ4n) is 4.62. The van der Waals surface area contributed by atoms with Gasteiger partial charge >= 0.3 is 5.97 Å². The lowest BCUT2D eigenvalue weighted by atomic mass is 9.88. The fourth-order valence-corrected chi connectivity index (χ4v) is 6.55. The van der Waals surface area contributed by atoms with Crippen LogP contribution in [0.4, 0.5) is 0 Å². The van der Waals surface area contributed by atoms with E-state index in [9.17, 15) is 13.2 Å². The van der Waals surface area contributed by atoms with Gasteiger partial charge in [-0.2, -0.15) is 0 Å². The molecule has 0 spiro atoms. The van der Waals surface area contributed by atoms with Gasteiger partial charge in [0.15, 0.2) is 9.84 Å². The van der Waals surface area contributed by atoms with Crippen LogP contribution in [0.1, 0.15) is 23.6 Å². The standard InChI is InChI=1S/C26H27NO6S/c1-31-19-14-15-21(22(16-19)32-2)24-23(34(29,30)20-12-8-5-9-13-20)17-26(27-24,25(28)33-3)18-10-6-4-7-11-18/h4-16,23-24,27H,17H2,1-3H3/t23-,24-,26+/m0/s1. The number of esters is 1. The molecule has 34 heavy (non-hydrogen) atoms. The smallest absolute Gasteiger partial charge is 0.330 e.